The van der Waals surface area contributed by atoms with Gasteiger partial charge in [-0.25, -0.2) is 8.42 Å². The van der Waals surface area contributed by atoms with Crippen LogP contribution in [-0.2, 0) is 24.4 Å². The molecule has 1 aromatic heterocycles. The van der Waals surface area contributed by atoms with E-state index < -0.39 is 22.0 Å². The van der Waals surface area contributed by atoms with Crippen molar-refractivity contribution < 1.29 is 22.8 Å². The number of rotatable bonds is 9. The molecule has 0 aromatic carbocycles. The second kappa shape index (κ2) is 10.8. The molecule has 0 unspecified atom stereocenters. The highest BCUT2D eigenvalue weighted by molar-refractivity contribution is 7.92. The van der Waals surface area contributed by atoms with E-state index in [-0.39, 0.29) is 30.3 Å². The molecule has 1 saturated carbocycles. The molecule has 0 radical (unpaired) electrons. The zero-order valence-corrected chi connectivity index (χ0v) is 21.1. The third-order valence-electron chi connectivity index (χ3n) is 6.33. The van der Waals surface area contributed by atoms with E-state index in [4.69, 9.17) is 11.6 Å². The Labute approximate surface area is 208 Å². The van der Waals surface area contributed by atoms with Gasteiger partial charge < -0.3 is 15.1 Å². The van der Waals surface area contributed by atoms with Crippen LogP contribution in [0.2, 0.25) is 4.34 Å². The minimum atomic E-state index is -3.85. The molecule has 4 rings (SSSR count). The van der Waals surface area contributed by atoms with E-state index in [2.05, 4.69) is 10.0 Å². The minimum absolute atomic E-state index is 0.0526. The van der Waals surface area contributed by atoms with E-state index in [0.29, 0.717) is 41.7 Å². The lowest BCUT2D eigenvalue weighted by atomic mass is 10.1. The highest BCUT2D eigenvalue weighted by Gasteiger charge is 2.36. The van der Waals surface area contributed by atoms with Crippen LogP contribution in [0.1, 0.15) is 43.4 Å². The van der Waals surface area contributed by atoms with E-state index in [1.54, 1.807) is 17.0 Å². The van der Waals surface area contributed by atoms with Gasteiger partial charge in [0.15, 0.2) is 0 Å². The van der Waals surface area contributed by atoms with Gasteiger partial charge in [-0.2, -0.15) is 4.72 Å². The zero-order valence-electron chi connectivity index (χ0n) is 18.7. The van der Waals surface area contributed by atoms with Gasteiger partial charge in [0.1, 0.15) is 6.04 Å². The van der Waals surface area contributed by atoms with Crippen molar-refractivity contribution in [2.24, 2.45) is 5.92 Å². The molecule has 2 aliphatic heterocycles. The minimum Gasteiger partial charge on any atom is -0.354 e. The lowest BCUT2D eigenvalue weighted by molar-refractivity contribution is -0.143. The molecular formula is C22H29ClN4O5S2. The highest BCUT2D eigenvalue weighted by atomic mass is 35.5. The lowest BCUT2D eigenvalue weighted by Gasteiger charge is -2.34. The summed E-state index contributed by atoms with van der Waals surface area (Å²) in [5.74, 6) is -0.393. The molecule has 0 bridgehead atoms. The third kappa shape index (κ3) is 6.59. The normalized spacial score (nSPS) is 23.6. The van der Waals surface area contributed by atoms with Crippen molar-refractivity contribution >= 4 is 56.8 Å². The topological polar surface area (TPSA) is 116 Å². The monoisotopic (exact) mass is 528 g/mol. The molecule has 2 N–H and O–H groups in total. The molecular weight excluding hydrogens is 500 g/mol. The van der Waals surface area contributed by atoms with Gasteiger partial charge in [0.2, 0.25) is 27.7 Å². The Bertz CT molecular complexity index is 1070. The number of hydrogen-bond acceptors (Lipinski definition) is 6. The molecule has 9 nitrogen and oxygen atoms in total. The van der Waals surface area contributed by atoms with E-state index in [9.17, 15) is 22.8 Å². The van der Waals surface area contributed by atoms with Crippen molar-refractivity contribution in [1.29, 1.82) is 0 Å². The lowest BCUT2D eigenvalue weighted by Crippen LogP contribution is -2.55. The fourth-order valence-corrected chi connectivity index (χ4v) is 6.43. The summed E-state index contributed by atoms with van der Waals surface area (Å²) in [4.78, 5) is 41.7. The number of carbonyl (C=O) groups is 3. The fraction of sp³-hybridized carbons (Fsp3) is 0.591. The molecule has 186 valence electrons. The van der Waals surface area contributed by atoms with Gasteiger partial charge >= 0.3 is 0 Å². The highest BCUT2D eigenvalue weighted by Crippen LogP contribution is 2.29. The fourth-order valence-electron chi connectivity index (χ4n) is 4.36. The third-order valence-corrected chi connectivity index (χ3v) is 8.63. The number of hydrogen-bond donors (Lipinski definition) is 2. The summed E-state index contributed by atoms with van der Waals surface area (Å²) >= 11 is 7.11. The van der Waals surface area contributed by atoms with Crippen LogP contribution < -0.4 is 10.0 Å². The summed E-state index contributed by atoms with van der Waals surface area (Å²) < 4.78 is 28.0. The smallest absolute Gasteiger partial charge is 0.242 e. The van der Waals surface area contributed by atoms with Gasteiger partial charge in [-0.05, 0) is 56.7 Å². The van der Waals surface area contributed by atoms with E-state index in [1.165, 1.54) is 22.3 Å². The van der Waals surface area contributed by atoms with Crippen molar-refractivity contribution in [2.75, 3.05) is 26.2 Å². The van der Waals surface area contributed by atoms with Gasteiger partial charge in [-0.15, -0.1) is 11.3 Å². The summed E-state index contributed by atoms with van der Waals surface area (Å²) in [6, 6.07) is 2.41. The van der Waals surface area contributed by atoms with Gasteiger partial charge in [0.05, 0.1) is 10.9 Å². The molecule has 2 saturated heterocycles. The summed E-state index contributed by atoms with van der Waals surface area (Å²) in [6.45, 7) is 1.34. The maximum Gasteiger partial charge on any atom is 0.242 e. The summed E-state index contributed by atoms with van der Waals surface area (Å²) in [6.07, 6.45) is 5.93. The van der Waals surface area contributed by atoms with Crippen LogP contribution >= 0.6 is 22.9 Å². The number of carbonyl (C=O) groups excluding carboxylic acids is 3. The number of nitrogens with one attached hydrogen (secondary N) is 2. The maximum absolute atomic E-state index is 13.0. The zero-order chi connectivity index (χ0) is 24.3. The standard InChI is InChI=1S/C22H29ClN4O5S2/c23-19-8-7-17(33-19)9-12-34(31,32)25-18-4-2-10-26(22(18)30)14-20(28)27-11-1-3-16(27)13-24-21(29)15-5-6-15/h7-9,12,15-16,18,25H,1-6,10-11,13-14H2,(H,24,29)/t16-,18+/m1/s1. The molecule has 34 heavy (non-hydrogen) atoms. The molecule has 2 atom stereocenters. The molecule has 12 heteroatoms. The summed E-state index contributed by atoms with van der Waals surface area (Å²) in [5.41, 5.74) is 0. The Morgan fingerprint density at radius 3 is 2.62 bits per heavy atom. The second-order valence-electron chi connectivity index (χ2n) is 8.96. The van der Waals surface area contributed by atoms with Crippen molar-refractivity contribution in [1.82, 2.24) is 19.8 Å². The van der Waals surface area contributed by atoms with Crippen LogP contribution in [0, 0.1) is 5.92 Å². The molecule has 1 aliphatic carbocycles. The first kappa shape index (κ1) is 25.2. The molecule has 1 aromatic rings. The van der Waals surface area contributed by atoms with Gasteiger partial charge in [-0.3, -0.25) is 14.4 Å². The summed E-state index contributed by atoms with van der Waals surface area (Å²) in [5, 5.41) is 3.96. The van der Waals surface area contributed by atoms with Crippen molar-refractivity contribution in [3.05, 3.63) is 26.8 Å². The van der Waals surface area contributed by atoms with E-state index in [0.717, 1.165) is 31.1 Å². The predicted octanol–water partition coefficient (Wildman–Crippen LogP) is 1.80. The van der Waals surface area contributed by atoms with Crippen LogP contribution in [0.5, 0.6) is 0 Å². The molecule has 3 heterocycles. The van der Waals surface area contributed by atoms with E-state index >= 15 is 0 Å². The number of piperidine rings is 1. The molecule has 0 spiro atoms. The Balaban J connectivity index is 1.30. The quantitative estimate of drug-likeness (QED) is 0.507. The first-order chi connectivity index (χ1) is 16.2. The Kier molecular flexibility index (Phi) is 7.96. The molecule has 3 fully saturated rings. The van der Waals surface area contributed by atoms with Gasteiger partial charge in [0.25, 0.3) is 0 Å². The van der Waals surface area contributed by atoms with Crippen LogP contribution in [0.4, 0.5) is 0 Å². The predicted molar refractivity (Wildman–Crippen MR) is 130 cm³/mol. The average Bonchev–Trinajstić information content (AvgIpc) is 3.39. The number of likely N-dealkylation sites (tertiary alicyclic amines) is 2. The van der Waals surface area contributed by atoms with Crippen molar-refractivity contribution in [2.45, 2.75) is 50.6 Å². The molecule has 3 aliphatic rings. The van der Waals surface area contributed by atoms with Crippen LogP contribution in [0.25, 0.3) is 6.08 Å². The van der Waals surface area contributed by atoms with Crippen LogP contribution in [0.15, 0.2) is 17.5 Å². The Morgan fingerprint density at radius 1 is 1.15 bits per heavy atom. The first-order valence-corrected chi connectivity index (χ1v) is 14.3. The first-order valence-electron chi connectivity index (χ1n) is 11.5. The summed E-state index contributed by atoms with van der Waals surface area (Å²) in [7, 11) is -3.85. The number of sulfonamides is 1. The van der Waals surface area contributed by atoms with Gasteiger partial charge in [0, 0.05) is 41.9 Å². The largest absolute Gasteiger partial charge is 0.354 e. The van der Waals surface area contributed by atoms with Crippen LogP contribution in [0.3, 0.4) is 0 Å². The second-order valence-corrected chi connectivity index (χ2v) is 12.3. The number of nitrogens with zero attached hydrogens (tertiary/aromatic N) is 2. The SMILES string of the molecule is O=C(NC[C@H]1CCCN1C(=O)CN1CCC[C@H](NS(=O)(=O)C=Cc2ccc(Cl)s2)C1=O)C1CC1. The Hall–Kier alpha value is -1.95. The average molecular weight is 529 g/mol. The number of thiophene rings is 1. The number of halogens is 1. The number of amides is 3. The van der Waals surface area contributed by atoms with Crippen molar-refractivity contribution in [3.63, 3.8) is 0 Å². The maximum atomic E-state index is 13.0. The Morgan fingerprint density at radius 2 is 1.91 bits per heavy atom. The van der Waals surface area contributed by atoms with E-state index in [1.807, 2.05) is 0 Å². The van der Waals surface area contributed by atoms with Gasteiger partial charge in [-0.1, -0.05) is 11.6 Å². The molecule has 3 amide bonds. The van der Waals surface area contributed by atoms with Crippen molar-refractivity contribution in [3.8, 4) is 0 Å². The van der Waals surface area contributed by atoms with Crippen LogP contribution in [-0.4, -0.2) is 74.2 Å².